The number of hydrogen-bond acceptors (Lipinski definition) is 2. The monoisotopic (exact) mass is 194 g/mol. The minimum atomic E-state index is 0.912. The Balaban J connectivity index is 2.49. The number of hydrogen-bond donors (Lipinski definition) is 0. The zero-order valence-corrected chi connectivity index (χ0v) is 8.80. The van der Waals surface area contributed by atoms with Gasteiger partial charge in [0.05, 0.1) is 7.11 Å². The molecule has 13 heavy (non-hydrogen) atoms. The lowest BCUT2D eigenvalue weighted by Crippen LogP contribution is -1.81. The van der Waals surface area contributed by atoms with Gasteiger partial charge in [0.15, 0.2) is 0 Å². The van der Waals surface area contributed by atoms with E-state index in [4.69, 9.17) is 4.74 Å². The van der Waals surface area contributed by atoms with Crippen molar-refractivity contribution in [1.29, 1.82) is 0 Å². The fourth-order valence-corrected chi connectivity index (χ4v) is 1.72. The molecule has 0 saturated heterocycles. The fraction of sp³-hybridized carbons (Fsp3) is 0.273. The van der Waals surface area contributed by atoms with Crippen LogP contribution in [0.15, 0.2) is 41.3 Å². The van der Waals surface area contributed by atoms with E-state index in [1.165, 1.54) is 4.90 Å². The van der Waals surface area contributed by atoms with Crippen LogP contribution in [-0.4, -0.2) is 12.9 Å². The Hall–Kier alpha value is -0.890. The van der Waals surface area contributed by atoms with Crippen molar-refractivity contribution < 1.29 is 4.74 Å². The summed E-state index contributed by atoms with van der Waals surface area (Å²) in [6.07, 6.45) is 4.21. The van der Waals surface area contributed by atoms with E-state index < -0.39 is 0 Å². The number of thioether (sulfide) groups is 1. The van der Waals surface area contributed by atoms with Crippen LogP contribution in [0.4, 0.5) is 0 Å². The highest BCUT2D eigenvalue weighted by Crippen LogP contribution is 2.20. The van der Waals surface area contributed by atoms with Crippen LogP contribution in [0.3, 0.4) is 0 Å². The molecular formula is C11H14OS. The van der Waals surface area contributed by atoms with Crippen molar-refractivity contribution in [2.24, 2.45) is 0 Å². The van der Waals surface area contributed by atoms with E-state index in [1.807, 2.05) is 30.8 Å². The van der Waals surface area contributed by atoms with Gasteiger partial charge in [0.2, 0.25) is 0 Å². The number of methoxy groups -OCH3 is 1. The lowest BCUT2D eigenvalue weighted by molar-refractivity contribution is 0.414. The standard InChI is InChI=1S/C11H14OS/c1-3-4-9-13-11-7-5-10(12-2)6-8-11/h3-8H,9H2,1-2H3/b4-3+. The molecule has 0 bridgehead atoms. The molecule has 0 fully saturated rings. The normalized spacial score (nSPS) is 10.6. The molecule has 0 spiro atoms. The van der Waals surface area contributed by atoms with Gasteiger partial charge in [-0.25, -0.2) is 0 Å². The van der Waals surface area contributed by atoms with Gasteiger partial charge in [0.1, 0.15) is 5.75 Å². The van der Waals surface area contributed by atoms with Gasteiger partial charge in [0.25, 0.3) is 0 Å². The third-order valence-electron chi connectivity index (χ3n) is 1.64. The van der Waals surface area contributed by atoms with Gasteiger partial charge in [-0.2, -0.15) is 0 Å². The van der Waals surface area contributed by atoms with Crippen molar-refractivity contribution in [2.75, 3.05) is 12.9 Å². The van der Waals surface area contributed by atoms with Gasteiger partial charge >= 0.3 is 0 Å². The quantitative estimate of drug-likeness (QED) is 0.537. The summed E-state index contributed by atoms with van der Waals surface area (Å²) in [7, 11) is 1.68. The van der Waals surface area contributed by atoms with Gasteiger partial charge in [-0.3, -0.25) is 0 Å². The fourth-order valence-electron chi connectivity index (χ4n) is 0.913. The molecule has 0 radical (unpaired) electrons. The molecule has 0 amide bonds. The Morgan fingerprint density at radius 1 is 1.31 bits per heavy atom. The van der Waals surface area contributed by atoms with Gasteiger partial charge in [-0.1, -0.05) is 12.2 Å². The van der Waals surface area contributed by atoms with E-state index in [0.29, 0.717) is 0 Å². The van der Waals surface area contributed by atoms with Crippen LogP contribution in [0.5, 0.6) is 5.75 Å². The zero-order chi connectivity index (χ0) is 9.52. The van der Waals surface area contributed by atoms with Crippen molar-refractivity contribution in [1.82, 2.24) is 0 Å². The van der Waals surface area contributed by atoms with Crippen LogP contribution in [0.25, 0.3) is 0 Å². The summed E-state index contributed by atoms with van der Waals surface area (Å²) < 4.78 is 5.07. The Kier molecular flexibility index (Phi) is 4.47. The molecule has 0 saturated carbocycles. The van der Waals surface area contributed by atoms with Crippen LogP contribution >= 0.6 is 11.8 Å². The number of benzene rings is 1. The number of ether oxygens (including phenoxy) is 1. The maximum Gasteiger partial charge on any atom is 0.118 e. The van der Waals surface area contributed by atoms with E-state index in [2.05, 4.69) is 24.3 Å². The third-order valence-corrected chi connectivity index (χ3v) is 2.61. The second kappa shape index (κ2) is 5.70. The van der Waals surface area contributed by atoms with Gasteiger partial charge in [-0.05, 0) is 31.2 Å². The predicted molar refractivity (Wildman–Crippen MR) is 58.5 cm³/mol. The Morgan fingerprint density at radius 2 is 2.00 bits per heavy atom. The number of rotatable bonds is 4. The molecule has 0 aliphatic rings. The molecule has 0 aliphatic carbocycles. The molecule has 2 heteroatoms. The lowest BCUT2D eigenvalue weighted by atomic mass is 10.3. The molecule has 0 heterocycles. The predicted octanol–water partition coefficient (Wildman–Crippen LogP) is 3.36. The van der Waals surface area contributed by atoms with Gasteiger partial charge in [0, 0.05) is 10.6 Å². The second-order valence-electron chi connectivity index (χ2n) is 2.56. The molecule has 1 rings (SSSR count). The van der Waals surface area contributed by atoms with E-state index in [1.54, 1.807) is 7.11 Å². The van der Waals surface area contributed by atoms with Crippen molar-refractivity contribution in [3.05, 3.63) is 36.4 Å². The largest absolute Gasteiger partial charge is 0.497 e. The molecule has 1 aromatic carbocycles. The molecule has 0 aromatic heterocycles. The minimum absolute atomic E-state index is 0.912. The summed E-state index contributed by atoms with van der Waals surface area (Å²) in [6, 6.07) is 8.12. The van der Waals surface area contributed by atoms with Crippen LogP contribution in [-0.2, 0) is 0 Å². The Labute approximate surface area is 83.8 Å². The maximum absolute atomic E-state index is 5.07. The molecule has 1 nitrogen and oxygen atoms in total. The van der Waals surface area contributed by atoms with Crippen LogP contribution in [0.1, 0.15) is 6.92 Å². The van der Waals surface area contributed by atoms with Crippen molar-refractivity contribution in [3.63, 3.8) is 0 Å². The van der Waals surface area contributed by atoms with Crippen molar-refractivity contribution in [3.8, 4) is 5.75 Å². The summed E-state index contributed by atoms with van der Waals surface area (Å²) in [5.41, 5.74) is 0. The minimum Gasteiger partial charge on any atom is -0.497 e. The summed E-state index contributed by atoms with van der Waals surface area (Å²) in [5, 5.41) is 0. The van der Waals surface area contributed by atoms with E-state index in [-0.39, 0.29) is 0 Å². The first-order valence-corrected chi connectivity index (χ1v) is 5.23. The first-order valence-electron chi connectivity index (χ1n) is 4.25. The Bertz CT molecular complexity index is 264. The van der Waals surface area contributed by atoms with E-state index in [0.717, 1.165) is 11.5 Å². The molecule has 0 aliphatic heterocycles. The topological polar surface area (TPSA) is 9.23 Å². The smallest absolute Gasteiger partial charge is 0.118 e. The molecular weight excluding hydrogens is 180 g/mol. The van der Waals surface area contributed by atoms with Crippen molar-refractivity contribution in [2.45, 2.75) is 11.8 Å². The summed E-state index contributed by atoms with van der Waals surface area (Å²) in [4.78, 5) is 1.28. The lowest BCUT2D eigenvalue weighted by Gasteiger charge is -2.00. The second-order valence-corrected chi connectivity index (χ2v) is 3.65. The van der Waals surface area contributed by atoms with E-state index >= 15 is 0 Å². The molecule has 70 valence electrons. The average Bonchev–Trinajstić information content (AvgIpc) is 2.19. The number of allylic oxidation sites excluding steroid dienone is 1. The average molecular weight is 194 g/mol. The summed E-state index contributed by atoms with van der Waals surface area (Å²) in [5.74, 6) is 1.94. The molecule has 0 unspecified atom stereocenters. The Morgan fingerprint density at radius 3 is 2.54 bits per heavy atom. The van der Waals surface area contributed by atoms with Crippen LogP contribution in [0.2, 0.25) is 0 Å². The third kappa shape index (κ3) is 3.55. The SMILES string of the molecule is C/C=C/CSc1ccc(OC)cc1. The summed E-state index contributed by atoms with van der Waals surface area (Å²) in [6.45, 7) is 2.04. The molecule has 1 aromatic rings. The van der Waals surface area contributed by atoms with Gasteiger partial charge < -0.3 is 4.74 Å². The van der Waals surface area contributed by atoms with Crippen molar-refractivity contribution >= 4 is 11.8 Å². The van der Waals surface area contributed by atoms with Gasteiger partial charge in [-0.15, -0.1) is 11.8 Å². The molecule has 0 N–H and O–H groups in total. The molecule has 0 atom stereocenters. The highest BCUT2D eigenvalue weighted by molar-refractivity contribution is 7.99. The zero-order valence-electron chi connectivity index (χ0n) is 7.99. The van der Waals surface area contributed by atoms with E-state index in [9.17, 15) is 0 Å². The first-order chi connectivity index (χ1) is 6.36. The first kappa shape index (κ1) is 10.2. The maximum atomic E-state index is 5.07. The highest BCUT2D eigenvalue weighted by atomic mass is 32.2. The van der Waals surface area contributed by atoms with Crippen LogP contribution < -0.4 is 4.74 Å². The summed E-state index contributed by atoms with van der Waals surface area (Å²) >= 11 is 1.82. The highest BCUT2D eigenvalue weighted by Gasteiger charge is 1.92. The van der Waals surface area contributed by atoms with Crippen LogP contribution in [0, 0.1) is 0 Å².